The Hall–Kier alpha value is -2.62. The summed E-state index contributed by atoms with van der Waals surface area (Å²) in [7, 11) is 0. The highest BCUT2D eigenvalue weighted by Crippen LogP contribution is 2.19. The Morgan fingerprint density at radius 2 is 1.90 bits per heavy atom. The first-order chi connectivity index (χ1) is 9.97. The van der Waals surface area contributed by atoms with Gasteiger partial charge in [-0.3, -0.25) is 4.79 Å². The second kappa shape index (κ2) is 6.22. The third-order valence-electron chi connectivity index (χ3n) is 3.16. The largest absolute Gasteiger partial charge is 0.489 e. The Morgan fingerprint density at radius 3 is 2.52 bits per heavy atom. The maximum Gasteiger partial charge on any atom is 0.335 e. The van der Waals surface area contributed by atoms with E-state index in [1.165, 1.54) is 13.0 Å². The Kier molecular flexibility index (Phi) is 4.38. The van der Waals surface area contributed by atoms with Crippen molar-refractivity contribution in [1.82, 2.24) is 0 Å². The molecular formula is C17H16O4. The van der Waals surface area contributed by atoms with Crippen LogP contribution in [0.2, 0.25) is 0 Å². The summed E-state index contributed by atoms with van der Waals surface area (Å²) in [6.07, 6.45) is 0. The van der Waals surface area contributed by atoms with Gasteiger partial charge in [0.25, 0.3) is 0 Å². The van der Waals surface area contributed by atoms with Gasteiger partial charge in [0.1, 0.15) is 12.4 Å². The fourth-order valence-electron chi connectivity index (χ4n) is 2.08. The van der Waals surface area contributed by atoms with Crippen molar-refractivity contribution < 1.29 is 19.4 Å². The van der Waals surface area contributed by atoms with Crippen LogP contribution in [0.15, 0.2) is 42.5 Å². The molecule has 0 saturated heterocycles. The highest BCUT2D eigenvalue weighted by Gasteiger charge is 2.06. The number of carbonyl (C=O) groups excluding carboxylic acids is 1. The van der Waals surface area contributed by atoms with Crippen molar-refractivity contribution in [3.63, 3.8) is 0 Å². The van der Waals surface area contributed by atoms with Crippen LogP contribution in [0.4, 0.5) is 0 Å². The van der Waals surface area contributed by atoms with Crippen LogP contribution in [0.25, 0.3) is 0 Å². The number of carboxylic acid groups (broad SMARTS) is 1. The van der Waals surface area contributed by atoms with Crippen molar-refractivity contribution in [1.29, 1.82) is 0 Å². The van der Waals surface area contributed by atoms with Crippen molar-refractivity contribution in [2.75, 3.05) is 0 Å². The lowest BCUT2D eigenvalue weighted by molar-refractivity contribution is 0.0696. The third kappa shape index (κ3) is 3.69. The van der Waals surface area contributed by atoms with Crippen molar-refractivity contribution >= 4 is 11.8 Å². The summed E-state index contributed by atoms with van der Waals surface area (Å²) in [5.74, 6) is -0.287. The summed E-state index contributed by atoms with van der Waals surface area (Å²) >= 11 is 0. The molecule has 0 aliphatic carbocycles. The van der Waals surface area contributed by atoms with Gasteiger partial charge < -0.3 is 9.84 Å². The van der Waals surface area contributed by atoms with Gasteiger partial charge in [0, 0.05) is 5.56 Å². The van der Waals surface area contributed by atoms with Crippen LogP contribution in [-0.4, -0.2) is 16.9 Å². The molecule has 0 aliphatic heterocycles. The molecule has 0 radical (unpaired) electrons. The van der Waals surface area contributed by atoms with Crippen LogP contribution in [0, 0.1) is 6.92 Å². The zero-order valence-corrected chi connectivity index (χ0v) is 11.9. The van der Waals surface area contributed by atoms with E-state index in [0.29, 0.717) is 11.3 Å². The second-order valence-electron chi connectivity index (χ2n) is 4.83. The molecule has 2 aromatic carbocycles. The lowest BCUT2D eigenvalue weighted by atomic mass is 10.1. The molecule has 0 heterocycles. The lowest BCUT2D eigenvalue weighted by Gasteiger charge is -2.09. The maximum atomic E-state index is 11.4. The topological polar surface area (TPSA) is 63.6 Å². The number of carboxylic acids is 1. The minimum absolute atomic E-state index is 0.0215. The van der Waals surface area contributed by atoms with E-state index < -0.39 is 5.97 Å². The quantitative estimate of drug-likeness (QED) is 0.854. The van der Waals surface area contributed by atoms with E-state index >= 15 is 0 Å². The van der Waals surface area contributed by atoms with Crippen LogP contribution in [-0.2, 0) is 6.61 Å². The van der Waals surface area contributed by atoms with Crippen LogP contribution in [0.3, 0.4) is 0 Å². The number of Topliss-reactive ketones (excluding diaryl/α,β-unsaturated/α-hetero) is 1. The predicted molar refractivity (Wildman–Crippen MR) is 78.9 cm³/mol. The summed E-state index contributed by atoms with van der Waals surface area (Å²) in [5.41, 5.74) is 2.55. The van der Waals surface area contributed by atoms with Gasteiger partial charge in [-0.05, 0) is 55.3 Å². The standard InChI is InChI=1S/C17H16O4/c1-11-8-15(6-7-16(11)12(2)18)21-10-13-4-3-5-14(9-13)17(19)20/h3-9H,10H2,1-2H3,(H,19,20). The molecule has 2 aromatic rings. The van der Waals surface area contributed by atoms with E-state index in [2.05, 4.69) is 0 Å². The Balaban J connectivity index is 2.10. The minimum Gasteiger partial charge on any atom is -0.489 e. The number of aryl methyl sites for hydroxylation is 1. The second-order valence-corrected chi connectivity index (χ2v) is 4.83. The zero-order valence-electron chi connectivity index (χ0n) is 11.9. The van der Waals surface area contributed by atoms with Gasteiger partial charge in [-0.25, -0.2) is 4.79 Å². The SMILES string of the molecule is CC(=O)c1ccc(OCc2cccc(C(=O)O)c2)cc1C. The predicted octanol–water partition coefficient (Wildman–Crippen LogP) is 3.47. The lowest BCUT2D eigenvalue weighted by Crippen LogP contribution is -2.01. The normalized spacial score (nSPS) is 10.2. The van der Waals surface area contributed by atoms with Gasteiger partial charge >= 0.3 is 5.97 Å². The smallest absolute Gasteiger partial charge is 0.335 e. The summed E-state index contributed by atoms with van der Waals surface area (Å²) < 4.78 is 5.64. The number of aromatic carboxylic acids is 1. The van der Waals surface area contributed by atoms with E-state index in [1.54, 1.807) is 30.3 Å². The van der Waals surface area contributed by atoms with Gasteiger partial charge in [-0.1, -0.05) is 12.1 Å². The first-order valence-electron chi connectivity index (χ1n) is 6.54. The molecular weight excluding hydrogens is 268 g/mol. The number of hydrogen-bond acceptors (Lipinski definition) is 3. The molecule has 4 heteroatoms. The third-order valence-corrected chi connectivity index (χ3v) is 3.16. The first-order valence-corrected chi connectivity index (χ1v) is 6.54. The van der Waals surface area contributed by atoms with E-state index in [1.807, 2.05) is 13.0 Å². The summed E-state index contributed by atoms with van der Waals surface area (Å²) in [4.78, 5) is 22.3. The Labute approximate surface area is 123 Å². The number of benzene rings is 2. The van der Waals surface area contributed by atoms with Crippen LogP contribution in [0.1, 0.15) is 38.8 Å². The van der Waals surface area contributed by atoms with Crippen molar-refractivity contribution in [3.8, 4) is 5.75 Å². The fraction of sp³-hybridized carbons (Fsp3) is 0.176. The van der Waals surface area contributed by atoms with Gasteiger partial charge in [0.15, 0.2) is 5.78 Å². The molecule has 0 aromatic heterocycles. The maximum absolute atomic E-state index is 11.4. The number of rotatable bonds is 5. The summed E-state index contributed by atoms with van der Waals surface area (Å²) in [6, 6.07) is 11.9. The monoisotopic (exact) mass is 284 g/mol. The van der Waals surface area contributed by atoms with Crippen molar-refractivity contribution in [2.24, 2.45) is 0 Å². The number of ketones is 1. The Bertz CT molecular complexity index is 689. The highest BCUT2D eigenvalue weighted by atomic mass is 16.5. The van der Waals surface area contributed by atoms with E-state index in [9.17, 15) is 9.59 Å². The summed E-state index contributed by atoms with van der Waals surface area (Å²) in [5, 5.41) is 8.94. The average Bonchev–Trinajstić information content (AvgIpc) is 2.45. The summed E-state index contributed by atoms with van der Waals surface area (Å²) in [6.45, 7) is 3.66. The van der Waals surface area contributed by atoms with Crippen LogP contribution in [0.5, 0.6) is 5.75 Å². The van der Waals surface area contributed by atoms with Gasteiger partial charge in [0.2, 0.25) is 0 Å². The number of hydrogen-bond donors (Lipinski definition) is 1. The molecule has 0 saturated carbocycles. The van der Waals surface area contributed by atoms with Gasteiger partial charge in [0.05, 0.1) is 5.56 Å². The van der Waals surface area contributed by atoms with E-state index in [-0.39, 0.29) is 18.0 Å². The average molecular weight is 284 g/mol. The molecule has 0 aliphatic rings. The van der Waals surface area contributed by atoms with Gasteiger partial charge in [-0.2, -0.15) is 0 Å². The van der Waals surface area contributed by atoms with Gasteiger partial charge in [-0.15, -0.1) is 0 Å². The highest BCUT2D eigenvalue weighted by molar-refractivity contribution is 5.95. The Morgan fingerprint density at radius 1 is 1.14 bits per heavy atom. The molecule has 2 rings (SSSR count). The molecule has 108 valence electrons. The van der Waals surface area contributed by atoms with E-state index in [0.717, 1.165) is 11.1 Å². The minimum atomic E-state index is -0.960. The molecule has 1 N–H and O–H groups in total. The van der Waals surface area contributed by atoms with Crippen molar-refractivity contribution in [3.05, 3.63) is 64.7 Å². The molecule has 4 nitrogen and oxygen atoms in total. The fourth-order valence-corrected chi connectivity index (χ4v) is 2.08. The molecule has 0 fully saturated rings. The molecule has 0 unspecified atom stereocenters. The molecule has 0 atom stereocenters. The van der Waals surface area contributed by atoms with Crippen molar-refractivity contribution in [2.45, 2.75) is 20.5 Å². The number of carbonyl (C=O) groups is 2. The zero-order chi connectivity index (χ0) is 15.4. The molecule has 0 amide bonds. The molecule has 0 spiro atoms. The number of ether oxygens (including phenoxy) is 1. The van der Waals surface area contributed by atoms with Crippen LogP contribution < -0.4 is 4.74 Å². The molecule has 0 bridgehead atoms. The van der Waals surface area contributed by atoms with E-state index in [4.69, 9.17) is 9.84 Å². The van der Waals surface area contributed by atoms with Crippen LogP contribution >= 0.6 is 0 Å². The first kappa shape index (κ1) is 14.8. The molecule has 21 heavy (non-hydrogen) atoms.